The monoisotopic (exact) mass is 297 g/mol. The van der Waals surface area contributed by atoms with Gasteiger partial charge in [0.25, 0.3) is 0 Å². The summed E-state index contributed by atoms with van der Waals surface area (Å²) in [7, 11) is 0. The van der Waals surface area contributed by atoms with E-state index in [1.165, 1.54) is 5.56 Å². The molecule has 0 spiro atoms. The number of hydrogen-bond acceptors (Lipinski definition) is 3. The molecule has 0 saturated carbocycles. The molecule has 1 unspecified atom stereocenters. The van der Waals surface area contributed by atoms with Gasteiger partial charge in [-0.1, -0.05) is 48.5 Å². The predicted octanol–water partition coefficient (Wildman–Crippen LogP) is 3.58. The normalized spacial score (nSPS) is 17.1. The van der Waals surface area contributed by atoms with Gasteiger partial charge in [0, 0.05) is 0 Å². The zero-order valence-corrected chi connectivity index (χ0v) is 12.8. The molecule has 0 aliphatic carbocycles. The molecule has 1 heterocycles. The van der Waals surface area contributed by atoms with Crippen LogP contribution in [0.25, 0.3) is 0 Å². The van der Waals surface area contributed by atoms with Gasteiger partial charge >= 0.3 is 0 Å². The molecule has 0 amide bonds. The van der Waals surface area contributed by atoms with Crippen molar-refractivity contribution in [3.63, 3.8) is 0 Å². The van der Waals surface area contributed by atoms with Crippen LogP contribution in [0.15, 0.2) is 60.7 Å². The number of rotatable bonds is 6. The molecule has 3 heteroatoms. The average Bonchev–Trinajstić information content (AvgIpc) is 2.61. The lowest BCUT2D eigenvalue weighted by Crippen LogP contribution is -2.34. The van der Waals surface area contributed by atoms with Gasteiger partial charge in [0.05, 0.1) is 6.10 Å². The van der Waals surface area contributed by atoms with Gasteiger partial charge in [-0.3, -0.25) is 0 Å². The number of ether oxygens (including phenoxy) is 2. The third-order valence-corrected chi connectivity index (χ3v) is 3.96. The van der Waals surface area contributed by atoms with Crippen LogP contribution < -0.4 is 10.1 Å². The van der Waals surface area contributed by atoms with Gasteiger partial charge in [-0.25, -0.2) is 0 Å². The Balaban J connectivity index is 1.65. The molecule has 1 N–H and O–H groups in total. The Kier molecular flexibility index (Phi) is 5.46. The van der Waals surface area contributed by atoms with Crippen molar-refractivity contribution < 1.29 is 9.47 Å². The number of hydrogen-bond donors (Lipinski definition) is 1. The van der Waals surface area contributed by atoms with Crippen LogP contribution >= 0.6 is 0 Å². The fourth-order valence-corrected chi connectivity index (χ4v) is 2.73. The highest BCUT2D eigenvalue weighted by molar-refractivity contribution is 5.22. The Hall–Kier alpha value is -1.84. The quantitative estimate of drug-likeness (QED) is 0.884. The van der Waals surface area contributed by atoms with Crippen molar-refractivity contribution in [2.75, 3.05) is 19.7 Å². The number of piperidine rings is 1. The molecule has 2 aromatic carbocycles. The molecule has 0 bridgehead atoms. The lowest BCUT2D eigenvalue weighted by Gasteiger charge is -2.28. The summed E-state index contributed by atoms with van der Waals surface area (Å²) in [6.45, 7) is 2.61. The first-order valence-electron chi connectivity index (χ1n) is 8.01. The minimum absolute atomic E-state index is 0.0236. The van der Waals surface area contributed by atoms with E-state index in [1.54, 1.807) is 0 Å². The Labute approximate surface area is 132 Å². The molecule has 1 aliphatic heterocycles. The van der Waals surface area contributed by atoms with Crippen molar-refractivity contribution in [2.45, 2.75) is 25.0 Å². The van der Waals surface area contributed by atoms with Gasteiger partial charge in [0.1, 0.15) is 18.5 Å². The zero-order valence-electron chi connectivity index (χ0n) is 12.8. The molecule has 3 nitrogen and oxygen atoms in total. The van der Waals surface area contributed by atoms with Crippen LogP contribution in [0.1, 0.15) is 24.5 Å². The molecule has 1 aliphatic rings. The van der Waals surface area contributed by atoms with E-state index in [9.17, 15) is 0 Å². The van der Waals surface area contributed by atoms with Crippen molar-refractivity contribution in [3.8, 4) is 5.75 Å². The molecule has 22 heavy (non-hydrogen) atoms. The van der Waals surface area contributed by atoms with Crippen LogP contribution in [0.4, 0.5) is 0 Å². The molecule has 1 saturated heterocycles. The fraction of sp³-hybridized carbons (Fsp3) is 0.368. The third-order valence-electron chi connectivity index (χ3n) is 3.96. The van der Waals surface area contributed by atoms with Crippen LogP contribution in [-0.4, -0.2) is 25.8 Å². The molecular weight excluding hydrogens is 274 g/mol. The first kappa shape index (κ1) is 15.1. The first-order chi connectivity index (χ1) is 10.9. The summed E-state index contributed by atoms with van der Waals surface area (Å²) in [5, 5.41) is 3.37. The van der Waals surface area contributed by atoms with Gasteiger partial charge < -0.3 is 14.8 Å². The minimum atomic E-state index is -0.0236. The highest BCUT2D eigenvalue weighted by Gasteiger charge is 2.21. The van der Waals surface area contributed by atoms with Crippen LogP contribution in [0.3, 0.4) is 0 Å². The molecule has 1 atom stereocenters. The van der Waals surface area contributed by atoms with Crippen LogP contribution in [-0.2, 0) is 4.74 Å². The van der Waals surface area contributed by atoms with Gasteiger partial charge in [0.2, 0.25) is 0 Å². The summed E-state index contributed by atoms with van der Waals surface area (Å²) in [5.41, 5.74) is 1.18. The van der Waals surface area contributed by atoms with E-state index < -0.39 is 0 Å². The van der Waals surface area contributed by atoms with E-state index in [2.05, 4.69) is 29.6 Å². The van der Waals surface area contributed by atoms with E-state index in [1.807, 2.05) is 36.4 Å². The summed E-state index contributed by atoms with van der Waals surface area (Å²) in [6.07, 6.45) is 2.42. The molecule has 3 rings (SSSR count). The smallest absolute Gasteiger partial charge is 0.119 e. The lowest BCUT2D eigenvalue weighted by atomic mass is 10.1. The topological polar surface area (TPSA) is 30.5 Å². The van der Waals surface area contributed by atoms with Crippen molar-refractivity contribution in [1.29, 1.82) is 0 Å². The Morgan fingerprint density at radius 2 is 1.55 bits per heavy atom. The lowest BCUT2D eigenvalue weighted by molar-refractivity contribution is -0.0475. The van der Waals surface area contributed by atoms with E-state index in [4.69, 9.17) is 9.47 Å². The molecule has 0 radical (unpaired) electrons. The van der Waals surface area contributed by atoms with Gasteiger partial charge in [-0.2, -0.15) is 0 Å². The summed E-state index contributed by atoms with van der Waals surface area (Å²) in [4.78, 5) is 0. The van der Waals surface area contributed by atoms with Gasteiger partial charge in [-0.05, 0) is 43.6 Å². The maximum atomic E-state index is 6.33. The summed E-state index contributed by atoms with van der Waals surface area (Å²) < 4.78 is 12.3. The summed E-state index contributed by atoms with van der Waals surface area (Å²) in [5.74, 6) is 0.886. The second kappa shape index (κ2) is 7.97. The minimum Gasteiger partial charge on any atom is -0.491 e. The van der Waals surface area contributed by atoms with Crippen LogP contribution in [0.5, 0.6) is 5.75 Å². The third kappa shape index (κ3) is 4.33. The first-order valence-corrected chi connectivity index (χ1v) is 8.01. The SMILES string of the molecule is c1ccc(OCC(OC2CCNCC2)c2ccccc2)cc1. The Morgan fingerprint density at radius 1 is 0.909 bits per heavy atom. The van der Waals surface area contributed by atoms with Crippen molar-refractivity contribution in [3.05, 3.63) is 66.2 Å². The zero-order chi connectivity index (χ0) is 15.0. The van der Waals surface area contributed by atoms with Crippen LogP contribution in [0.2, 0.25) is 0 Å². The van der Waals surface area contributed by atoms with Crippen molar-refractivity contribution in [1.82, 2.24) is 5.32 Å². The fourth-order valence-electron chi connectivity index (χ4n) is 2.73. The highest BCUT2D eigenvalue weighted by atomic mass is 16.5. The molecule has 0 aromatic heterocycles. The predicted molar refractivity (Wildman–Crippen MR) is 88.1 cm³/mol. The largest absolute Gasteiger partial charge is 0.491 e. The highest BCUT2D eigenvalue weighted by Crippen LogP contribution is 2.23. The van der Waals surface area contributed by atoms with E-state index >= 15 is 0 Å². The maximum Gasteiger partial charge on any atom is 0.119 e. The van der Waals surface area contributed by atoms with Crippen molar-refractivity contribution in [2.24, 2.45) is 0 Å². The number of para-hydroxylation sites is 1. The number of nitrogens with one attached hydrogen (secondary N) is 1. The average molecular weight is 297 g/mol. The van der Waals surface area contributed by atoms with Gasteiger partial charge in [0.15, 0.2) is 0 Å². The van der Waals surface area contributed by atoms with E-state index in [0.29, 0.717) is 12.7 Å². The van der Waals surface area contributed by atoms with Crippen LogP contribution in [0, 0.1) is 0 Å². The molecule has 116 valence electrons. The van der Waals surface area contributed by atoms with Gasteiger partial charge in [-0.15, -0.1) is 0 Å². The maximum absolute atomic E-state index is 6.33. The Morgan fingerprint density at radius 3 is 2.23 bits per heavy atom. The van der Waals surface area contributed by atoms with Crippen molar-refractivity contribution >= 4 is 0 Å². The molecular formula is C19H23NO2. The van der Waals surface area contributed by atoms with E-state index in [-0.39, 0.29) is 6.10 Å². The molecule has 1 fully saturated rings. The van der Waals surface area contributed by atoms with E-state index in [0.717, 1.165) is 31.7 Å². The molecule has 2 aromatic rings. The second-order valence-electron chi connectivity index (χ2n) is 5.61. The second-order valence-corrected chi connectivity index (χ2v) is 5.61. The summed E-state index contributed by atoms with van der Waals surface area (Å²) in [6, 6.07) is 20.3. The summed E-state index contributed by atoms with van der Waals surface area (Å²) >= 11 is 0. The Bertz CT molecular complexity index is 538. The number of benzene rings is 2. The standard InChI is InChI=1S/C19H23NO2/c1-3-7-16(8-4-1)19(22-18-11-13-20-14-12-18)15-21-17-9-5-2-6-10-17/h1-10,18-20H,11-15H2.